The average molecular weight is 405 g/mol. The molecule has 0 radical (unpaired) electrons. The van der Waals surface area contributed by atoms with Crippen LogP contribution in [-0.2, 0) is 4.74 Å². The predicted octanol–water partition coefficient (Wildman–Crippen LogP) is 3.97. The maximum Gasteiger partial charge on any atom is 0.193 e. The number of halogens is 1. The molecular formula is C16H28IN3O. The number of guanidine groups is 1. The monoisotopic (exact) mass is 405 g/mol. The molecule has 0 saturated heterocycles. The summed E-state index contributed by atoms with van der Waals surface area (Å²) in [4.78, 5) is 4.33. The normalized spacial score (nSPS) is 11.3. The van der Waals surface area contributed by atoms with Gasteiger partial charge in [0.05, 0.1) is 0 Å². The smallest absolute Gasteiger partial charge is 0.193 e. The second-order valence-corrected chi connectivity index (χ2v) is 5.23. The molecule has 1 aromatic rings. The van der Waals surface area contributed by atoms with Gasteiger partial charge >= 0.3 is 0 Å². The van der Waals surface area contributed by atoms with Crippen molar-refractivity contribution in [2.75, 3.05) is 25.6 Å². The Balaban J connectivity index is 0.00000400. The number of nitrogens with two attached hydrogens (primary N) is 1. The number of methoxy groups -OCH3 is 1. The number of ether oxygens (including phenoxy) is 1. The lowest BCUT2D eigenvalue weighted by Crippen LogP contribution is -2.22. The molecule has 0 aliphatic rings. The third-order valence-electron chi connectivity index (χ3n) is 3.11. The van der Waals surface area contributed by atoms with Crippen molar-refractivity contribution >= 4 is 35.6 Å². The Morgan fingerprint density at radius 2 is 2.05 bits per heavy atom. The molecule has 0 aliphatic carbocycles. The van der Waals surface area contributed by atoms with Crippen molar-refractivity contribution in [3.05, 3.63) is 29.8 Å². The van der Waals surface area contributed by atoms with Crippen LogP contribution < -0.4 is 11.1 Å². The van der Waals surface area contributed by atoms with Crippen molar-refractivity contribution in [2.45, 2.75) is 39.0 Å². The van der Waals surface area contributed by atoms with E-state index < -0.39 is 0 Å². The first-order valence-electron chi connectivity index (χ1n) is 7.29. The van der Waals surface area contributed by atoms with Crippen molar-refractivity contribution in [1.82, 2.24) is 0 Å². The van der Waals surface area contributed by atoms with E-state index in [-0.39, 0.29) is 24.0 Å². The quantitative estimate of drug-likeness (QED) is 0.298. The molecule has 0 fully saturated rings. The number of rotatable bonds is 8. The third kappa shape index (κ3) is 8.93. The van der Waals surface area contributed by atoms with E-state index in [0.717, 1.165) is 38.1 Å². The fourth-order valence-corrected chi connectivity index (χ4v) is 1.90. The van der Waals surface area contributed by atoms with E-state index in [9.17, 15) is 0 Å². The lowest BCUT2D eigenvalue weighted by atomic mass is 10.0. The Morgan fingerprint density at radius 1 is 1.29 bits per heavy atom. The summed E-state index contributed by atoms with van der Waals surface area (Å²) in [7, 11) is 1.73. The predicted molar refractivity (Wildman–Crippen MR) is 102 cm³/mol. The number of aliphatic imine (C=N–C) groups is 1. The van der Waals surface area contributed by atoms with Gasteiger partial charge in [-0.05, 0) is 42.9 Å². The molecule has 3 N–H and O–H groups in total. The molecule has 0 aromatic heterocycles. The molecular weight excluding hydrogens is 377 g/mol. The van der Waals surface area contributed by atoms with E-state index in [0.29, 0.717) is 11.9 Å². The van der Waals surface area contributed by atoms with Gasteiger partial charge in [0.25, 0.3) is 0 Å². The van der Waals surface area contributed by atoms with Crippen LogP contribution in [0, 0.1) is 0 Å². The molecule has 0 atom stereocenters. The summed E-state index contributed by atoms with van der Waals surface area (Å²) in [5, 5.41) is 3.14. The Hall–Kier alpha value is -0.820. The highest BCUT2D eigenvalue weighted by atomic mass is 127. The number of hydrogen-bond acceptors (Lipinski definition) is 2. The summed E-state index contributed by atoms with van der Waals surface area (Å²) < 4.78 is 5.01. The average Bonchev–Trinajstić information content (AvgIpc) is 2.43. The molecule has 4 nitrogen and oxygen atoms in total. The highest BCUT2D eigenvalue weighted by molar-refractivity contribution is 14.0. The first-order valence-corrected chi connectivity index (χ1v) is 7.29. The Labute approximate surface area is 145 Å². The van der Waals surface area contributed by atoms with Crippen molar-refractivity contribution in [3.63, 3.8) is 0 Å². The van der Waals surface area contributed by atoms with Gasteiger partial charge in [-0.1, -0.05) is 26.0 Å². The van der Waals surface area contributed by atoms with Gasteiger partial charge in [0.1, 0.15) is 0 Å². The molecule has 0 aliphatic heterocycles. The van der Waals surface area contributed by atoms with Crippen molar-refractivity contribution in [2.24, 2.45) is 10.7 Å². The maximum absolute atomic E-state index is 5.89. The lowest BCUT2D eigenvalue weighted by molar-refractivity contribution is 0.192. The number of anilines is 1. The minimum atomic E-state index is 0. The summed E-state index contributed by atoms with van der Waals surface area (Å²) in [6.45, 7) is 5.93. The van der Waals surface area contributed by atoms with Crippen LogP contribution in [0.1, 0.15) is 44.6 Å². The van der Waals surface area contributed by atoms with E-state index in [2.05, 4.69) is 36.3 Å². The summed E-state index contributed by atoms with van der Waals surface area (Å²) in [6, 6.07) is 8.28. The standard InChI is InChI=1S/C16H27N3O.HI/c1-13(2)14-8-7-9-15(12-14)19-16(17)18-10-5-4-6-11-20-3;/h7-9,12-13H,4-6,10-11H2,1-3H3,(H3,17,18,19);1H. The van der Waals surface area contributed by atoms with Crippen molar-refractivity contribution in [3.8, 4) is 0 Å². The molecule has 0 unspecified atom stereocenters. The molecule has 0 saturated carbocycles. The highest BCUT2D eigenvalue weighted by Gasteiger charge is 2.01. The summed E-state index contributed by atoms with van der Waals surface area (Å²) in [6.07, 6.45) is 3.24. The molecule has 21 heavy (non-hydrogen) atoms. The zero-order valence-corrected chi connectivity index (χ0v) is 15.6. The van der Waals surface area contributed by atoms with Gasteiger partial charge in [0.15, 0.2) is 5.96 Å². The molecule has 0 amide bonds. The number of benzene rings is 1. The topological polar surface area (TPSA) is 59.6 Å². The van der Waals surface area contributed by atoms with E-state index in [1.54, 1.807) is 7.11 Å². The largest absolute Gasteiger partial charge is 0.385 e. The van der Waals surface area contributed by atoms with Crippen molar-refractivity contribution < 1.29 is 4.74 Å². The number of hydrogen-bond donors (Lipinski definition) is 2. The molecule has 1 aromatic carbocycles. The van der Waals surface area contributed by atoms with Crippen LogP contribution in [-0.4, -0.2) is 26.2 Å². The SMILES string of the molecule is COCCCCCN=C(N)Nc1cccc(C(C)C)c1.I. The zero-order chi connectivity index (χ0) is 14.8. The van der Waals surface area contributed by atoms with Crippen LogP contribution in [0.2, 0.25) is 0 Å². The molecule has 1 rings (SSSR count). The molecule has 0 bridgehead atoms. The van der Waals surface area contributed by atoms with Gasteiger partial charge in [0.2, 0.25) is 0 Å². The Morgan fingerprint density at radius 3 is 2.71 bits per heavy atom. The number of unbranched alkanes of at least 4 members (excludes halogenated alkanes) is 2. The summed E-state index contributed by atoms with van der Waals surface area (Å²) in [5.74, 6) is 0.994. The fourth-order valence-electron chi connectivity index (χ4n) is 1.90. The van der Waals surface area contributed by atoms with Crippen LogP contribution in [0.5, 0.6) is 0 Å². The van der Waals surface area contributed by atoms with Gasteiger partial charge in [-0.25, -0.2) is 0 Å². The molecule has 0 spiro atoms. The van der Waals surface area contributed by atoms with Crippen LogP contribution in [0.4, 0.5) is 5.69 Å². The number of nitrogens with zero attached hydrogens (tertiary/aromatic N) is 1. The first kappa shape index (κ1) is 20.2. The minimum absolute atomic E-state index is 0. The first-order chi connectivity index (χ1) is 9.63. The molecule has 5 heteroatoms. The van der Waals surface area contributed by atoms with Crippen LogP contribution in [0.3, 0.4) is 0 Å². The lowest BCUT2D eigenvalue weighted by Gasteiger charge is -2.10. The summed E-state index contributed by atoms with van der Waals surface area (Å²) >= 11 is 0. The Kier molecular flexibility index (Phi) is 11.3. The number of nitrogens with one attached hydrogen (secondary N) is 1. The molecule has 0 heterocycles. The van der Waals surface area contributed by atoms with E-state index in [1.165, 1.54) is 5.56 Å². The zero-order valence-electron chi connectivity index (χ0n) is 13.3. The van der Waals surface area contributed by atoms with Crippen molar-refractivity contribution in [1.29, 1.82) is 0 Å². The van der Waals surface area contributed by atoms with E-state index in [4.69, 9.17) is 10.5 Å². The van der Waals surface area contributed by atoms with Gasteiger partial charge in [-0.3, -0.25) is 4.99 Å². The van der Waals surface area contributed by atoms with Gasteiger partial charge in [-0.2, -0.15) is 0 Å². The maximum atomic E-state index is 5.89. The summed E-state index contributed by atoms with van der Waals surface area (Å²) in [5.41, 5.74) is 8.18. The molecule has 120 valence electrons. The Bertz CT molecular complexity index is 422. The second kappa shape index (κ2) is 11.8. The van der Waals surface area contributed by atoms with E-state index in [1.807, 2.05) is 12.1 Å². The minimum Gasteiger partial charge on any atom is -0.385 e. The van der Waals surface area contributed by atoms with Crippen LogP contribution >= 0.6 is 24.0 Å². The second-order valence-electron chi connectivity index (χ2n) is 5.23. The van der Waals surface area contributed by atoms with Gasteiger partial charge < -0.3 is 15.8 Å². The van der Waals surface area contributed by atoms with Gasteiger partial charge in [-0.15, -0.1) is 24.0 Å². The highest BCUT2D eigenvalue weighted by Crippen LogP contribution is 2.18. The van der Waals surface area contributed by atoms with Gasteiger partial charge in [0, 0.05) is 25.9 Å². The van der Waals surface area contributed by atoms with Crippen LogP contribution in [0.25, 0.3) is 0 Å². The third-order valence-corrected chi connectivity index (χ3v) is 3.11. The van der Waals surface area contributed by atoms with Crippen LogP contribution in [0.15, 0.2) is 29.3 Å². The fraction of sp³-hybridized carbons (Fsp3) is 0.562. The van der Waals surface area contributed by atoms with E-state index >= 15 is 0 Å².